The fourth-order valence-corrected chi connectivity index (χ4v) is 2.53. The first kappa shape index (κ1) is 17.2. The second-order valence-corrected chi connectivity index (χ2v) is 5.78. The van der Waals surface area contributed by atoms with Crippen LogP contribution in [0.5, 0.6) is 0 Å². The van der Waals surface area contributed by atoms with E-state index >= 15 is 0 Å². The molecule has 0 aliphatic heterocycles. The summed E-state index contributed by atoms with van der Waals surface area (Å²) >= 11 is 0. The van der Waals surface area contributed by atoms with Gasteiger partial charge in [-0.15, -0.1) is 0 Å². The van der Waals surface area contributed by atoms with Crippen molar-refractivity contribution in [1.29, 1.82) is 5.26 Å². The molecule has 3 aromatic rings. The Morgan fingerprint density at radius 2 is 1.81 bits per heavy atom. The van der Waals surface area contributed by atoms with Crippen LogP contribution in [0.2, 0.25) is 0 Å². The molecular formula is C20H19N5O. The predicted molar refractivity (Wildman–Crippen MR) is 100 cm³/mol. The Bertz CT molecular complexity index is 877. The molecule has 1 heterocycles. The Labute approximate surface area is 152 Å². The third-order valence-electron chi connectivity index (χ3n) is 3.90. The van der Waals surface area contributed by atoms with Crippen LogP contribution in [0.1, 0.15) is 11.1 Å². The minimum Gasteiger partial charge on any atom is -0.338 e. The van der Waals surface area contributed by atoms with Crippen LogP contribution >= 0.6 is 0 Å². The minimum absolute atomic E-state index is 0.244. The van der Waals surface area contributed by atoms with Crippen LogP contribution in [0.15, 0.2) is 67.0 Å². The van der Waals surface area contributed by atoms with Crippen LogP contribution in [-0.2, 0) is 12.8 Å². The van der Waals surface area contributed by atoms with Crippen molar-refractivity contribution in [2.24, 2.45) is 0 Å². The van der Waals surface area contributed by atoms with Crippen molar-refractivity contribution in [2.75, 3.05) is 11.9 Å². The molecule has 0 saturated carbocycles. The van der Waals surface area contributed by atoms with Crippen LogP contribution < -0.4 is 10.6 Å². The molecule has 2 N–H and O–H groups in total. The zero-order valence-corrected chi connectivity index (χ0v) is 14.2. The Morgan fingerprint density at radius 3 is 2.46 bits per heavy atom. The second-order valence-electron chi connectivity index (χ2n) is 5.78. The zero-order valence-electron chi connectivity index (χ0n) is 14.2. The van der Waals surface area contributed by atoms with Crippen LogP contribution in [0.4, 0.5) is 10.5 Å². The Morgan fingerprint density at radius 1 is 1.08 bits per heavy atom. The lowest BCUT2D eigenvalue weighted by atomic mass is 10.1. The van der Waals surface area contributed by atoms with Crippen molar-refractivity contribution < 1.29 is 4.79 Å². The molecule has 0 aliphatic rings. The maximum absolute atomic E-state index is 11.9. The van der Waals surface area contributed by atoms with Gasteiger partial charge in [0.15, 0.2) is 0 Å². The molecular weight excluding hydrogens is 326 g/mol. The fraction of sp³-hybridized carbons (Fsp3) is 0.150. The number of rotatable bonds is 6. The lowest BCUT2D eigenvalue weighted by Gasteiger charge is -2.08. The lowest BCUT2D eigenvalue weighted by molar-refractivity contribution is 0.252. The van der Waals surface area contributed by atoms with Gasteiger partial charge in [-0.2, -0.15) is 10.4 Å². The average molecular weight is 345 g/mol. The number of hydrogen-bond donors (Lipinski definition) is 2. The van der Waals surface area contributed by atoms with E-state index in [-0.39, 0.29) is 6.03 Å². The first-order valence-corrected chi connectivity index (χ1v) is 8.34. The molecule has 3 rings (SSSR count). The third-order valence-corrected chi connectivity index (χ3v) is 3.90. The van der Waals surface area contributed by atoms with E-state index in [1.54, 1.807) is 23.0 Å². The van der Waals surface area contributed by atoms with Crippen LogP contribution in [0, 0.1) is 11.3 Å². The quantitative estimate of drug-likeness (QED) is 0.719. The van der Waals surface area contributed by atoms with Gasteiger partial charge in [0, 0.05) is 24.6 Å². The highest BCUT2D eigenvalue weighted by molar-refractivity contribution is 5.89. The molecule has 0 aliphatic carbocycles. The highest BCUT2D eigenvalue weighted by Gasteiger charge is 2.02. The van der Waals surface area contributed by atoms with Crippen molar-refractivity contribution in [3.63, 3.8) is 0 Å². The highest BCUT2D eigenvalue weighted by Crippen LogP contribution is 2.10. The number of carbonyl (C=O) groups excluding carboxylic acids is 1. The van der Waals surface area contributed by atoms with Crippen LogP contribution in [-0.4, -0.2) is 22.4 Å². The van der Waals surface area contributed by atoms with E-state index in [4.69, 9.17) is 5.26 Å². The number of carbonyl (C=O) groups is 1. The Kier molecular flexibility index (Phi) is 5.63. The smallest absolute Gasteiger partial charge is 0.319 e. The molecule has 0 bridgehead atoms. The Balaban J connectivity index is 1.44. The minimum atomic E-state index is -0.244. The number of nitriles is 1. The molecule has 2 aromatic carbocycles. The summed E-state index contributed by atoms with van der Waals surface area (Å²) in [5, 5.41) is 18.5. The van der Waals surface area contributed by atoms with Gasteiger partial charge in [-0.25, -0.2) is 9.48 Å². The summed E-state index contributed by atoms with van der Waals surface area (Å²) in [4.78, 5) is 11.9. The van der Waals surface area contributed by atoms with E-state index in [1.165, 1.54) is 0 Å². The largest absolute Gasteiger partial charge is 0.338 e. The van der Waals surface area contributed by atoms with Gasteiger partial charge in [-0.3, -0.25) is 0 Å². The molecule has 0 spiro atoms. The van der Waals surface area contributed by atoms with E-state index in [2.05, 4.69) is 21.8 Å². The molecule has 0 fully saturated rings. The lowest BCUT2D eigenvalue weighted by Crippen LogP contribution is -2.30. The van der Waals surface area contributed by atoms with Gasteiger partial charge in [0.05, 0.1) is 18.2 Å². The van der Waals surface area contributed by atoms with Gasteiger partial charge >= 0.3 is 6.03 Å². The maximum atomic E-state index is 11.9. The van der Waals surface area contributed by atoms with Crippen LogP contribution in [0.3, 0.4) is 0 Å². The SMILES string of the molecule is N#CCc1ccc(NC(=O)NCCc2ccc(-n3cccn3)cc2)cc1. The van der Waals surface area contributed by atoms with E-state index in [0.29, 0.717) is 18.7 Å². The number of aromatic nitrogens is 2. The number of urea groups is 1. The van der Waals surface area contributed by atoms with Gasteiger partial charge < -0.3 is 10.6 Å². The van der Waals surface area contributed by atoms with Crippen molar-refractivity contribution in [3.8, 4) is 11.8 Å². The normalized spacial score (nSPS) is 10.1. The number of anilines is 1. The standard InChI is InChI=1S/C20H19N5O/c21-12-10-16-2-6-18(7-3-16)24-20(26)22-14-11-17-4-8-19(9-5-17)25-15-1-13-23-25/h1-9,13,15H,10-11,14H2,(H2,22,24,26). The molecule has 26 heavy (non-hydrogen) atoms. The summed E-state index contributed by atoms with van der Waals surface area (Å²) in [6.07, 6.45) is 4.75. The van der Waals surface area contributed by atoms with E-state index in [0.717, 1.165) is 23.2 Å². The molecule has 0 atom stereocenters. The fourth-order valence-electron chi connectivity index (χ4n) is 2.53. The second kappa shape index (κ2) is 8.49. The predicted octanol–water partition coefficient (Wildman–Crippen LogP) is 3.30. The monoisotopic (exact) mass is 345 g/mol. The van der Waals surface area contributed by atoms with Crippen LogP contribution in [0.25, 0.3) is 5.69 Å². The number of benzene rings is 2. The third kappa shape index (κ3) is 4.71. The molecule has 0 radical (unpaired) electrons. The first-order valence-electron chi connectivity index (χ1n) is 8.34. The van der Waals surface area contributed by atoms with Gasteiger partial charge in [0.2, 0.25) is 0 Å². The van der Waals surface area contributed by atoms with E-state index < -0.39 is 0 Å². The molecule has 2 amide bonds. The van der Waals surface area contributed by atoms with Gasteiger partial charge in [-0.1, -0.05) is 24.3 Å². The van der Waals surface area contributed by atoms with Gasteiger partial charge in [-0.05, 0) is 47.9 Å². The Hall–Kier alpha value is -3.59. The van der Waals surface area contributed by atoms with Crippen molar-refractivity contribution in [3.05, 3.63) is 78.1 Å². The molecule has 1 aromatic heterocycles. The number of nitrogens with one attached hydrogen (secondary N) is 2. The average Bonchev–Trinajstić information content (AvgIpc) is 3.19. The van der Waals surface area contributed by atoms with Crippen molar-refractivity contribution in [1.82, 2.24) is 15.1 Å². The summed E-state index contributed by atoms with van der Waals surface area (Å²) in [5.41, 5.74) is 3.77. The maximum Gasteiger partial charge on any atom is 0.319 e. The molecule has 0 unspecified atom stereocenters. The summed E-state index contributed by atoms with van der Waals surface area (Å²) in [7, 11) is 0. The summed E-state index contributed by atoms with van der Waals surface area (Å²) in [5.74, 6) is 0. The highest BCUT2D eigenvalue weighted by atomic mass is 16.2. The summed E-state index contributed by atoms with van der Waals surface area (Å²) in [6, 6.07) is 19.1. The molecule has 130 valence electrons. The number of nitrogens with zero attached hydrogens (tertiary/aromatic N) is 3. The first-order chi connectivity index (χ1) is 12.7. The van der Waals surface area contributed by atoms with E-state index in [1.807, 2.05) is 48.7 Å². The van der Waals surface area contributed by atoms with E-state index in [9.17, 15) is 4.79 Å². The molecule has 6 nitrogen and oxygen atoms in total. The van der Waals surface area contributed by atoms with Crippen molar-refractivity contribution >= 4 is 11.7 Å². The number of hydrogen-bond acceptors (Lipinski definition) is 3. The summed E-state index contributed by atoms with van der Waals surface area (Å²) in [6.45, 7) is 0.541. The number of amides is 2. The molecule has 0 saturated heterocycles. The van der Waals surface area contributed by atoms with Crippen molar-refractivity contribution in [2.45, 2.75) is 12.8 Å². The zero-order chi connectivity index (χ0) is 18.2. The topological polar surface area (TPSA) is 82.7 Å². The molecule has 6 heteroatoms. The van der Waals surface area contributed by atoms with Gasteiger partial charge in [0.1, 0.15) is 0 Å². The van der Waals surface area contributed by atoms with Gasteiger partial charge in [0.25, 0.3) is 0 Å². The summed E-state index contributed by atoms with van der Waals surface area (Å²) < 4.78 is 1.80.